The Morgan fingerprint density at radius 1 is 1.26 bits per heavy atom. The molecule has 1 aliphatic rings. The van der Waals surface area contributed by atoms with Crippen LogP contribution in [0.5, 0.6) is 0 Å². The fraction of sp³-hybridized carbons (Fsp3) is 0.600. The molecule has 1 aliphatic carbocycles. The van der Waals surface area contributed by atoms with Crippen molar-refractivity contribution in [1.82, 2.24) is 0 Å². The monoisotopic (exact) mass is 347 g/mol. The van der Waals surface area contributed by atoms with E-state index in [2.05, 4.69) is 35.1 Å². The molecule has 1 saturated carbocycles. The molecule has 0 saturated heterocycles. The first-order valence-electron chi connectivity index (χ1n) is 6.88. The largest absolute Gasteiger partial charge is 0.380 e. The standard InChI is InChI=1S/C15H20BrClFN/c1-9(2)10-3-5-12(6-4-10)19-15-13(16)7-11(18)8-14(15)17/h7-10,12,19H,3-6H2,1-2H3. The van der Waals surface area contributed by atoms with Crippen LogP contribution in [0.2, 0.25) is 5.02 Å². The highest BCUT2D eigenvalue weighted by Crippen LogP contribution is 2.36. The Hall–Kier alpha value is -0.280. The molecule has 1 N–H and O–H groups in total. The summed E-state index contributed by atoms with van der Waals surface area (Å²) in [5, 5.41) is 3.90. The Balaban J connectivity index is 2.00. The molecule has 0 spiro atoms. The lowest BCUT2D eigenvalue weighted by atomic mass is 9.79. The lowest BCUT2D eigenvalue weighted by Gasteiger charge is -2.32. The maximum absolute atomic E-state index is 13.2. The number of anilines is 1. The minimum Gasteiger partial charge on any atom is -0.380 e. The quantitative estimate of drug-likeness (QED) is 0.720. The molecular formula is C15H20BrClFN. The number of nitrogens with one attached hydrogen (secondary N) is 1. The second-order valence-electron chi connectivity index (χ2n) is 5.74. The molecule has 0 aromatic heterocycles. The number of hydrogen-bond donors (Lipinski definition) is 1. The summed E-state index contributed by atoms with van der Waals surface area (Å²) in [5.41, 5.74) is 0.816. The zero-order chi connectivity index (χ0) is 14.0. The molecule has 0 amide bonds. The maximum atomic E-state index is 13.2. The average molecular weight is 349 g/mol. The average Bonchev–Trinajstić information content (AvgIpc) is 2.34. The van der Waals surface area contributed by atoms with Crippen LogP contribution in [0.3, 0.4) is 0 Å². The summed E-state index contributed by atoms with van der Waals surface area (Å²) in [4.78, 5) is 0. The molecule has 0 aliphatic heterocycles. The maximum Gasteiger partial charge on any atom is 0.125 e. The third-order valence-corrected chi connectivity index (χ3v) is 4.99. The summed E-state index contributed by atoms with van der Waals surface area (Å²) in [6.07, 6.45) is 4.82. The van der Waals surface area contributed by atoms with Crippen LogP contribution in [0, 0.1) is 17.7 Å². The Labute approximate surface area is 128 Å². The molecule has 1 aromatic rings. The predicted molar refractivity (Wildman–Crippen MR) is 83.3 cm³/mol. The van der Waals surface area contributed by atoms with Gasteiger partial charge in [-0.15, -0.1) is 0 Å². The van der Waals surface area contributed by atoms with Gasteiger partial charge < -0.3 is 5.32 Å². The number of benzene rings is 1. The molecule has 106 valence electrons. The highest BCUT2D eigenvalue weighted by molar-refractivity contribution is 9.10. The van der Waals surface area contributed by atoms with Crippen LogP contribution in [-0.4, -0.2) is 6.04 Å². The summed E-state index contributed by atoms with van der Waals surface area (Å²) < 4.78 is 13.9. The number of halogens is 3. The zero-order valence-electron chi connectivity index (χ0n) is 11.3. The Bertz CT molecular complexity index is 419. The van der Waals surface area contributed by atoms with Crippen molar-refractivity contribution < 1.29 is 4.39 Å². The van der Waals surface area contributed by atoms with Crippen molar-refractivity contribution in [2.24, 2.45) is 11.8 Å². The van der Waals surface area contributed by atoms with Crippen molar-refractivity contribution in [3.8, 4) is 0 Å². The van der Waals surface area contributed by atoms with E-state index in [9.17, 15) is 4.39 Å². The first-order valence-corrected chi connectivity index (χ1v) is 8.05. The molecule has 4 heteroatoms. The molecule has 1 nitrogen and oxygen atoms in total. The number of hydrogen-bond acceptors (Lipinski definition) is 1. The van der Waals surface area contributed by atoms with Gasteiger partial charge in [0, 0.05) is 10.5 Å². The fourth-order valence-electron chi connectivity index (χ4n) is 2.81. The molecule has 2 rings (SSSR count). The van der Waals surface area contributed by atoms with Crippen molar-refractivity contribution in [3.63, 3.8) is 0 Å². The van der Waals surface area contributed by atoms with Gasteiger partial charge in [0.1, 0.15) is 5.82 Å². The molecule has 0 atom stereocenters. The van der Waals surface area contributed by atoms with Gasteiger partial charge in [-0.05, 0) is 65.6 Å². The molecule has 0 unspecified atom stereocenters. The van der Waals surface area contributed by atoms with E-state index in [1.807, 2.05) is 0 Å². The van der Waals surface area contributed by atoms with E-state index in [4.69, 9.17) is 11.6 Å². The van der Waals surface area contributed by atoms with Gasteiger partial charge in [0.05, 0.1) is 10.7 Å². The van der Waals surface area contributed by atoms with Crippen molar-refractivity contribution in [2.75, 3.05) is 5.32 Å². The first-order chi connectivity index (χ1) is 8.97. The summed E-state index contributed by atoms with van der Waals surface area (Å²) in [5.74, 6) is 1.29. The van der Waals surface area contributed by atoms with Gasteiger partial charge in [-0.3, -0.25) is 0 Å². The first kappa shape index (κ1) is 15.1. The highest BCUT2D eigenvalue weighted by Gasteiger charge is 2.24. The molecule has 0 heterocycles. The van der Waals surface area contributed by atoms with Crippen molar-refractivity contribution >= 4 is 33.2 Å². The predicted octanol–water partition coefficient (Wildman–Crippen LogP) is 5.87. The lowest BCUT2D eigenvalue weighted by Crippen LogP contribution is -2.28. The van der Waals surface area contributed by atoms with Crippen LogP contribution in [0.1, 0.15) is 39.5 Å². The molecule has 1 aromatic carbocycles. The van der Waals surface area contributed by atoms with E-state index in [-0.39, 0.29) is 5.82 Å². The van der Waals surface area contributed by atoms with E-state index in [0.717, 1.165) is 30.4 Å². The van der Waals surface area contributed by atoms with Gasteiger partial charge in [0.15, 0.2) is 0 Å². The topological polar surface area (TPSA) is 12.0 Å². The number of rotatable bonds is 3. The second kappa shape index (κ2) is 6.45. The van der Waals surface area contributed by atoms with Gasteiger partial charge in [-0.1, -0.05) is 25.4 Å². The third kappa shape index (κ3) is 3.85. The minimum atomic E-state index is -0.314. The van der Waals surface area contributed by atoms with Gasteiger partial charge in [-0.25, -0.2) is 4.39 Å². The van der Waals surface area contributed by atoms with Crippen LogP contribution in [0.4, 0.5) is 10.1 Å². The van der Waals surface area contributed by atoms with Gasteiger partial charge >= 0.3 is 0 Å². The van der Waals surface area contributed by atoms with Crippen LogP contribution >= 0.6 is 27.5 Å². The van der Waals surface area contributed by atoms with Crippen LogP contribution < -0.4 is 5.32 Å². The van der Waals surface area contributed by atoms with Crippen molar-refractivity contribution in [3.05, 3.63) is 27.4 Å². The summed E-state index contributed by atoms with van der Waals surface area (Å²) >= 11 is 9.47. The van der Waals surface area contributed by atoms with E-state index in [0.29, 0.717) is 15.5 Å². The zero-order valence-corrected chi connectivity index (χ0v) is 13.7. The SMILES string of the molecule is CC(C)C1CCC(Nc2c(Cl)cc(F)cc2Br)CC1. The fourth-order valence-corrected chi connectivity index (χ4v) is 3.74. The molecule has 19 heavy (non-hydrogen) atoms. The highest BCUT2D eigenvalue weighted by atomic mass is 79.9. The van der Waals surface area contributed by atoms with Crippen molar-refractivity contribution in [1.29, 1.82) is 0 Å². The molecular weight excluding hydrogens is 329 g/mol. The van der Waals surface area contributed by atoms with Gasteiger partial charge in [-0.2, -0.15) is 0 Å². The van der Waals surface area contributed by atoms with E-state index in [1.165, 1.54) is 25.0 Å². The van der Waals surface area contributed by atoms with Crippen molar-refractivity contribution in [2.45, 2.75) is 45.6 Å². The van der Waals surface area contributed by atoms with Gasteiger partial charge in [0.25, 0.3) is 0 Å². The van der Waals surface area contributed by atoms with E-state index < -0.39 is 0 Å². The Kier molecular flexibility index (Phi) is 5.13. The summed E-state index contributed by atoms with van der Waals surface area (Å²) in [6.45, 7) is 4.59. The van der Waals surface area contributed by atoms with Gasteiger partial charge in [0.2, 0.25) is 0 Å². The molecule has 0 bridgehead atoms. The van der Waals surface area contributed by atoms with E-state index in [1.54, 1.807) is 0 Å². The normalized spacial score (nSPS) is 23.7. The summed E-state index contributed by atoms with van der Waals surface area (Å²) in [6, 6.07) is 3.25. The molecule has 0 radical (unpaired) electrons. The third-order valence-electron chi connectivity index (χ3n) is 4.07. The Morgan fingerprint density at radius 3 is 2.42 bits per heavy atom. The van der Waals surface area contributed by atoms with Crippen LogP contribution in [-0.2, 0) is 0 Å². The molecule has 1 fully saturated rings. The second-order valence-corrected chi connectivity index (χ2v) is 7.01. The lowest BCUT2D eigenvalue weighted by molar-refractivity contribution is 0.267. The smallest absolute Gasteiger partial charge is 0.125 e. The van der Waals surface area contributed by atoms with Crippen LogP contribution in [0.15, 0.2) is 16.6 Å². The Morgan fingerprint density at radius 2 is 1.89 bits per heavy atom. The van der Waals surface area contributed by atoms with E-state index >= 15 is 0 Å². The summed E-state index contributed by atoms with van der Waals surface area (Å²) in [7, 11) is 0. The minimum absolute atomic E-state index is 0.314. The van der Waals surface area contributed by atoms with Crippen LogP contribution in [0.25, 0.3) is 0 Å².